The van der Waals surface area contributed by atoms with Crippen LogP contribution < -0.4 is 5.32 Å². The minimum Gasteiger partial charge on any atom is -0.291 e. The molecule has 1 fully saturated rings. The minimum absolute atomic E-state index is 0.0755. The molecule has 0 bridgehead atoms. The average Bonchev–Trinajstić information content (AvgIpc) is 2.98. The lowest BCUT2D eigenvalue weighted by atomic mass is 10.1. The first kappa shape index (κ1) is 12.4. The third-order valence-electron chi connectivity index (χ3n) is 3.12. The SMILES string of the molecule is O=C(c1ccccn1)C1CSC(c2ccccc2)N1. The van der Waals surface area contributed by atoms with Crippen molar-refractivity contribution in [2.75, 3.05) is 5.75 Å². The Kier molecular flexibility index (Phi) is 3.62. The summed E-state index contributed by atoms with van der Waals surface area (Å²) in [6.07, 6.45) is 1.66. The maximum atomic E-state index is 12.3. The molecule has 3 rings (SSSR count). The number of carbonyl (C=O) groups excluding carboxylic acids is 1. The van der Waals surface area contributed by atoms with Gasteiger partial charge in [0.05, 0.1) is 11.4 Å². The van der Waals surface area contributed by atoms with E-state index < -0.39 is 0 Å². The Morgan fingerprint density at radius 2 is 1.95 bits per heavy atom. The molecule has 1 aliphatic rings. The first-order chi connectivity index (χ1) is 9.34. The lowest BCUT2D eigenvalue weighted by molar-refractivity contribution is 0.0951. The fourth-order valence-corrected chi connectivity index (χ4v) is 3.37. The Hall–Kier alpha value is -1.65. The van der Waals surface area contributed by atoms with E-state index in [1.54, 1.807) is 24.0 Å². The van der Waals surface area contributed by atoms with Gasteiger partial charge in [0.2, 0.25) is 0 Å². The van der Waals surface area contributed by atoms with Crippen LogP contribution in [0.3, 0.4) is 0 Å². The van der Waals surface area contributed by atoms with Crippen LogP contribution >= 0.6 is 11.8 Å². The van der Waals surface area contributed by atoms with Gasteiger partial charge in [0, 0.05) is 11.9 Å². The molecular formula is C15H14N2OS. The molecule has 2 aromatic rings. The van der Waals surface area contributed by atoms with Gasteiger partial charge in [-0.3, -0.25) is 15.1 Å². The Morgan fingerprint density at radius 3 is 2.68 bits per heavy atom. The van der Waals surface area contributed by atoms with Crippen LogP contribution in [0.2, 0.25) is 0 Å². The molecule has 0 amide bonds. The first-order valence-corrected chi connectivity index (χ1v) is 7.27. The van der Waals surface area contributed by atoms with Crippen molar-refractivity contribution in [2.45, 2.75) is 11.4 Å². The van der Waals surface area contributed by atoms with Crippen molar-refractivity contribution < 1.29 is 4.79 Å². The molecule has 0 radical (unpaired) electrons. The van der Waals surface area contributed by atoms with Gasteiger partial charge in [-0.2, -0.15) is 0 Å². The summed E-state index contributed by atoms with van der Waals surface area (Å²) in [6, 6.07) is 15.5. The zero-order chi connectivity index (χ0) is 13.1. The van der Waals surface area contributed by atoms with E-state index in [0.717, 1.165) is 5.75 Å². The maximum absolute atomic E-state index is 12.3. The smallest absolute Gasteiger partial charge is 0.198 e. The number of ketones is 1. The second kappa shape index (κ2) is 5.55. The Balaban J connectivity index is 1.71. The van der Waals surface area contributed by atoms with Crippen LogP contribution in [0, 0.1) is 0 Å². The Bertz CT molecular complexity index is 559. The summed E-state index contributed by atoms with van der Waals surface area (Å²) < 4.78 is 0. The molecule has 0 saturated carbocycles. The highest BCUT2D eigenvalue weighted by molar-refractivity contribution is 7.99. The van der Waals surface area contributed by atoms with E-state index in [9.17, 15) is 4.79 Å². The molecule has 1 aromatic heterocycles. The topological polar surface area (TPSA) is 42.0 Å². The Morgan fingerprint density at radius 1 is 1.16 bits per heavy atom. The van der Waals surface area contributed by atoms with Crippen molar-refractivity contribution >= 4 is 17.5 Å². The van der Waals surface area contributed by atoms with Gasteiger partial charge in [-0.1, -0.05) is 36.4 Å². The van der Waals surface area contributed by atoms with E-state index in [4.69, 9.17) is 0 Å². The van der Waals surface area contributed by atoms with Crippen molar-refractivity contribution in [3.63, 3.8) is 0 Å². The standard InChI is InChI=1S/C15H14N2OS/c18-14(12-8-4-5-9-16-12)13-10-19-15(17-13)11-6-2-1-3-7-11/h1-9,13,15,17H,10H2. The number of Topliss-reactive ketones (excluding diaryl/α,β-unsaturated/α-hetero) is 1. The molecule has 1 aliphatic heterocycles. The van der Waals surface area contributed by atoms with Crippen LogP contribution in [0.5, 0.6) is 0 Å². The van der Waals surface area contributed by atoms with E-state index in [0.29, 0.717) is 5.69 Å². The van der Waals surface area contributed by atoms with E-state index in [2.05, 4.69) is 22.4 Å². The number of aromatic nitrogens is 1. The molecule has 1 N–H and O–H groups in total. The summed E-state index contributed by atoms with van der Waals surface area (Å²) in [5, 5.41) is 3.57. The van der Waals surface area contributed by atoms with Crippen LogP contribution in [0.25, 0.3) is 0 Å². The van der Waals surface area contributed by atoms with E-state index in [-0.39, 0.29) is 17.2 Å². The number of nitrogens with one attached hydrogen (secondary N) is 1. The second-order valence-electron chi connectivity index (χ2n) is 4.42. The number of benzene rings is 1. The van der Waals surface area contributed by atoms with E-state index in [1.165, 1.54) is 5.56 Å². The highest BCUT2D eigenvalue weighted by Crippen LogP contribution is 2.33. The van der Waals surface area contributed by atoms with Gasteiger partial charge in [0.25, 0.3) is 0 Å². The number of hydrogen-bond acceptors (Lipinski definition) is 4. The monoisotopic (exact) mass is 270 g/mol. The quantitative estimate of drug-likeness (QED) is 0.871. The van der Waals surface area contributed by atoms with Crippen molar-refractivity contribution in [1.82, 2.24) is 10.3 Å². The molecule has 1 saturated heterocycles. The summed E-state index contributed by atoms with van der Waals surface area (Å²) in [6.45, 7) is 0. The summed E-state index contributed by atoms with van der Waals surface area (Å²) in [7, 11) is 0. The van der Waals surface area contributed by atoms with Crippen molar-refractivity contribution in [3.05, 3.63) is 66.0 Å². The molecule has 2 unspecified atom stereocenters. The summed E-state index contributed by atoms with van der Waals surface area (Å²) in [5.74, 6) is 0.862. The Labute approximate surface area is 116 Å². The molecule has 3 nitrogen and oxygen atoms in total. The molecule has 96 valence electrons. The predicted octanol–water partition coefficient (Wildman–Crippen LogP) is 2.67. The normalized spacial score (nSPS) is 22.3. The largest absolute Gasteiger partial charge is 0.291 e. The maximum Gasteiger partial charge on any atom is 0.198 e. The van der Waals surface area contributed by atoms with Crippen LogP contribution in [0.15, 0.2) is 54.7 Å². The fourth-order valence-electron chi connectivity index (χ4n) is 2.13. The molecule has 4 heteroatoms. The number of thioether (sulfide) groups is 1. The van der Waals surface area contributed by atoms with E-state index >= 15 is 0 Å². The van der Waals surface area contributed by atoms with Crippen LogP contribution in [0.4, 0.5) is 0 Å². The average molecular weight is 270 g/mol. The summed E-state index contributed by atoms with van der Waals surface area (Å²) in [4.78, 5) is 16.4. The number of hydrogen-bond donors (Lipinski definition) is 1. The summed E-state index contributed by atoms with van der Waals surface area (Å²) >= 11 is 1.77. The van der Waals surface area contributed by atoms with Crippen molar-refractivity contribution in [3.8, 4) is 0 Å². The van der Waals surface area contributed by atoms with Crippen LogP contribution in [0.1, 0.15) is 21.4 Å². The molecule has 2 atom stereocenters. The van der Waals surface area contributed by atoms with Crippen LogP contribution in [-0.4, -0.2) is 22.6 Å². The molecular weight excluding hydrogens is 256 g/mol. The molecule has 0 aliphatic carbocycles. The molecule has 1 aromatic carbocycles. The third-order valence-corrected chi connectivity index (χ3v) is 4.39. The lowest BCUT2D eigenvalue weighted by Crippen LogP contribution is -2.34. The van der Waals surface area contributed by atoms with Gasteiger partial charge in [-0.15, -0.1) is 11.8 Å². The van der Waals surface area contributed by atoms with Crippen molar-refractivity contribution in [2.24, 2.45) is 0 Å². The van der Waals surface area contributed by atoms with Gasteiger partial charge < -0.3 is 0 Å². The first-order valence-electron chi connectivity index (χ1n) is 6.22. The number of rotatable bonds is 3. The van der Waals surface area contributed by atoms with Gasteiger partial charge in [-0.25, -0.2) is 0 Å². The lowest BCUT2D eigenvalue weighted by Gasteiger charge is -2.12. The van der Waals surface area contributed by atoms with Gasteiger partial charge in [-0.05, 0) is 17.7 Å². The summed E-state index contributed by atoms with van der Waals surface area (Å²) in [5.41, 5.74) is 1.75. The zero-order valence-corrected chi connectivity index (χ0v) is 11.1. The molecule has 19 heavy (non-hydrogen) atoms. The zero-order valence-electron chi connectivity index (χ0n) is 10.3. The van der Waals surface area contributed by atoms with Gasteiger partial charge in [0.15, 0.2) is 5.78 Å². The van der Waals surface area contributed by atoms with Gasteiger partial charge in [0.1, 0.15) is 5.69 Å². The highest BCUT2D eigenvalue weighted by atomic mass is 32.2. The highest BCUT2D eigenvalue weighted by Gasteiger charge is 2.31. The number of carbonyl (C=O) groups is 1. The molecule has 2 heterocycles. The third kappa shape index (κ3) is 2.69. The molecule has 0 spiro atoms. The van der Waals surface area contributed by atoms with Crippen LogP contribution in [-0.2, 0) is 0 Å². The predicted molar refractivity (Wildman–Crippen MR) is 77.1 cm³/mol. The second-order valence-corrected chi connectivity index (χ2v) is 5.56. The fraction of sp³-hybridized carbons (Fsp3) is 0.200. The van der Waals surface area contributed by atoms with E-state index in [1.807, 2.05) is 30.3 Å². The van der Waals surface area contributed by atoms with Gasteiger partial charge >= 0.3 is 0 Å². The number of nitrogens with zero attached hydrogens (tertiary/aromatic N) is 1. The number of pyridine rings is 1. The minimum atomic E-state index is -0.148. The van der Waals surface area contributed by atoms with Crippen molar-refractivity contribution in [1.29, 1.82) is 0 Å².